The molecule has 1 aromatic heterocycles. The number of benzene rings is 1. The molecule has 100 valence electrons. The van der Waals surface area contributed by atoms with E-state index in [1.54, 1.807) is 4.68 Å². The van der Waals surface area contributed by atoms with Crippen LogP contribution in [0.2, 0.25) is 0 Å². The van der Waals surface area contributed by atoms with E-state index in [9.17, 15) is 4.79 Å². The highest BCUT2D eigenvalue weighted by molar-refractivity contribution is 5.94. The van der Waals surface area contributed by atoms with Crippen LogP contribution in [-0.4, -0.2) is 15.7 Å². The molecule has 0 aliphatic heterocycles. The normalized spacial score (nSPS) is 12.2. The summed E-state index contributed by atoms with van der Waals surface area (Å²) in [5, 5.41) is 7.29. The quantitative estimate of drug-likeness (QED) is 0.918. The number of nitrogens with zero attached hydrogens (tertiary/aromatic N) is 2. The summed E-state index contributed by atoms with van der Waals surface area (Å²) in [7, 11) is 1.88. The summed E-state index contributed by atoms with van der Waals surface area (Å²) in [6.07, 6.45) is 1.94. The third-order valence-corrected chi connectivity index (χ3v) is 3.15. The summed E-state index contributed by atoms with van der Waals surface area (Å²) in [6, 6.07) is 7.53. The van der Waals surface area contributed by atoms with Crippen LogP contribution in [0, 0.1) is 13.8 Å². The van der Waals surface area contributed by atoms with Crippen LogP contribution in [0.25, 0.3) is 0 Å². The number of rotatable bonds is 3. The number of carbonyl (C=O) groups excluding carboxylic acids is 1. The number of carbonyl (C=O) groups is 1. The Hall–Kier alpha value is -2.10. The molecular formula is C15H19N3O. The van der Waals surface area contributed by atoms with Crippen molar-refractivity contribution in [3.8, 4) is 0 Å². The molecule has 1 unspecified atom stereocenters. The molecule has 0 bridgehead atoms. The van der Waals surface area contributed by atoms with Gasteiger partial charge in [0.05, 0.1) is 11.7 Å². The number of nitrogens with one attached hydrogen (secondary N) is 1. The monoisotopic (exact) mass is 257 g/mol. The highest BCUT2D eigenvalue weighted by Crippen LogP contribution is 2.16. The van der Waals surface area contributed by atoms with Crippen LogP contribution >= 0.6 is 0 Å². The first-order chi connectivity index (χ1) is 8.97. The van der Waals surface area contributed by atoms with Gasteiger partial charge in [-0.2, -0.15) is 5.10 Å². The van der Waals surface area contributed by atoms with Gasteiger partial charge in [0, 0.05) is 24.4 Å². The van der Waals surface area contributed by atoms with Crippen molar-refractivity contribution in [2.24, 2.45) is 7.05 Å². The molecule has 1 N–H and O–H groups in total. The van der Waals surface area contributed by atoms with Gasteiger partial charge in [0.25, 0.3) is 5.91 Å². The second kappa shape index (κ2) is 5.26. The molecule has 0 saturated carbocycles. The van der Waals surface area contributed by atoms with Crippen molar-refractivity contribution in [2.75, 3.05) is 0 Å². The van der Waals surface area contributed by atoms with Crippen LogP contribution < -0.4 is 5.32 Å². The van der Waals surface area contributed by atoms with Crippen LogP contribution in [0.1, 0.15) is 40.1 Å². The number of aryl methyl sites for hydroxylation is 3. The summed E-state index contributed by atoms with van der Waals surface area (Å²) < 4.78 is 1.76. The zero-order valence-corrected chi connectivity index (χ0v) is 11.8. The van der Waals surface area contributed by atoms with Crippen molar-refractivity contribution >= 4 is 5.91 Å². The standard InChI is InChI=1S/C15H19N3O/c1-10-6-5-7-13(8-10)15(19)16-11(2)14-9-18(4)17-12(14)3/h5-9,11H,1-4H3,(H,16,19). The lowest BCUT2D eigenvalue weighted by molar-refractivity contribution is 0.0939. The third-order valence-electron chi connectivity index (χ3n) is 3.15. The van der Waals surface area contributed by atoms with Gasteiger partial charge < -0.3 is 5.32 Å². The van der Waals surface area contributed by atoms with Gasteiger partial charge in [0.2, 0.25) is 0 Å². The SMILES string of the molecule is Cc1cccc(C(=O)NC(C)c2cn(C)nc2C)c1. The highest BCUT2D eigenvalue weighted by Gasteiger charge is 2.15. The first-order valence-corrected chi connectivity index (χ1v) is 6.35. The van der Waals surface area contributed by atoms with Gasteiger partial charge in [-0.15, -0.1) is 0 Å². The Bertz CT molecular complexity index is 601. The van der Waals surface area contributed by atoms with Crippen molar-refractivity contribution in [3.63, 3.8) is 0 Å². The zero-order chi connectivity index (χ0) is 14.0. The predicted octanol–water partition coefficient (Wildman–Crippen LogP) is 2.53. The van der Waals surface area contributed by atoms with Gasteiger partial charge in [0.1, 0.15) is 0 Å². The van der Waals surface area contributed by atoms with E-state index in [4.69, 9.17) is 0 Å². The fraction of sp³-hybridized carbons (Fsp3) is 0.333. The molecule has 1 aromatic carbocycles. The van der Waals surface area contributed by atoms with Gasteiger partial charge in [0.15, 0.2) is 0 Å². The summed E-state index contributed by atoms with van der Waals surface area (Å²) in [5.41, 5.74) is 3.76. The molecule has 1 amide bonds. The summed E-state index contributed by atoms with van der Waals surface area (Å²) in [4.78, 5) is 12.2. The molecule has 2 rings (SSSR count). The van der Waals surface area contributed by atoms with Crippen molar-refractivity contribution < 1.29 is 4.79 Å². The smallest absolute Gasteiger partial charge is 0.251 e. The lowest BCUT2D eigenvalue weighted by Crippen LogP contribution is -2.26. The van der Waals surface area contributed by atoms with E-state index in [2.05, 4.69) is 10.4 Å². The minimum atomic E-state index is -0.0561. The van der Waals surface area contributed by atoms with Gasteiger partial charge in [-0.1, -0.05) is 17.7 Å². The Labute approximate surface area is 113 Å². The van der Waals surface area contributed by atoms with Gasteiger partial charge in [-0.05, 0) is 32.9 Å². The maximum atomic E-state index is 12.2. The van der Waals surface area contributed by atoms with E-state index < -0.39 is 0 Å². The second-order valence-corrected chi connectivity index (χ2v) is 4.91. The molecule has 1 heterocycles. The van der Waals surface area contributed by atoms with Crippen LogP contribution in [-0.2, 0) is 7.05 Å². The number of amides is 1. The van der Waals surface area contributed by atoms with Crippen molar-refractivity contribution in [1.29, 1.82) is 0 Å². The molecular weight excluding hydrogens is 238 g/mol. The molecule has 0 aliphatic carbocycles. The molecule has 1 atom stereocenters. The number of aromatic nitrogens is 2. The Morgan fingerprint density at radius 1 is 1.37 bits per heavy atom. The molecule has 19 heavy (non-hydrogen) atoms. The average Bonchev–Trinajstić information content (AvgIpc) is 2.68. The fourth-order valence-electron chi connectivity index (χ4n) is 2.19. The highest BCUT2D eigenvalue weighted by atomic mass is 16.1. The first kappa shape index (κ1) is 13.3. The molecule has 4 heteroatoms. The Morgan fingerprint density at radius 2 is 2.11 bits per heavy atom. The Kier molecular flexibility index (Phi) is 3.69. The van der Waals surface area contributed by atoms with Crippen LogP contribution in [0.5, 0.6) is 0 Å². The van der Waals surface area contributed by atoms with Crippen LogP contribution in [0.15, 0.2) is 30.5 Å². The lowest BCUT2D eigenvalue weighted by atomic mass is 10.1. The molecule has 0 fully saturated rings. The zero-order valence-electron chi connectivity index (χ0n) is 11.8. The van der Waals surface area contributed by atoms with E-state index in [-0.39, 0.29) is 11.9 Å². The first-order valence-electron chi connectivity index (χ1n) is 6.35. The lowest BCUT2D eigenvalue weighted by Gasteiger charge is -2.13. The molecule has 4 nitrogen and oxygen atoms in total. The predicted molar refractivity (Wildman–Crippen MR) is 75.0 cm³/mol. The molecule has 0 spiro atoms. The van der Waals surface area contributed by atoms with E-state index in [0.29, 0.717) is 5.56 Å². The van der Waals surface area contributed by atoms with Crippen molar-refractivity contribution in [2.45, 2.75) is 26.8 Å². The Balaban J connectivity index is 2.13. The van der Waals surface area contributed by atoms with E-state index in [1.807, 2.05) is 58.3 Å². The number of hydrogen-bond acceptors (Lipinski definition) is 2. The molecule has 0 radical (unpaired) electrons. The maximum absolute atomic E-state index is 12.2. The van der Waals surface area contributed by atoms with E-state index in [1.165, 1.54) is 0 Å². The van der Waals surface area contributed by atoms with E-state index >= 15 is 0 Å². The topological polar surface area (TPSA) is 46.9 Å². The van der Waals surface area contributed by atoms with Crippen molar-refractivity contribution in [1.82, 2.24) is 15.1 Å². The van der Waals surface area contributed by atoms with Crippen LogP contribution in [0.3, 0.4) is 0 Å². The van der Waals surface area contributed by atoms with Gasteiger partial charge in [-0.25, -0.2) is 0 Å². The molecule has 2 aromatic rings. The summed E-state index contributed by atoms with van der Waals surface area (Å²) in [6.45, 7) is 5.90. The maximum Gasteiger partial charge on any atom is 0.251 e. The van der Waals surface area contributed by atoms with E-state index in [0.717, 1.165) is 16.8 Å². The second-order valence-electron chi connectivity index (χ2n) is 4.91. The van der Waals surface area contributed by atoms with Crippen molar-refractivity contribution in [3.05, 3.63) is 52.8 Å². The fourth-order valence-corrected chi connectivity index (χ4v) is 2.19. The van der Waals surface area contributed by atoms with Gasteiger partial charge in [-0.3, -0.25) is 9.48 Å². The Morgan fingerprint density at radius 3 is 2.68 bits per heavy atom. The third kappa shape index (κ3) is 3.02. The number of hydrogen-bond donors (Lipinski definition) is 1. The van der Waals surface area contributed by atoms with Crippen LogP contribution in [0.4, 0.5) is 0 Å². The average molecular weight is 257 g/mol. The largest absolute Gasteiger partial charge is 0.345 e. The summed E-state index contributed by atoms with van der Waals surface area (Å²) >= 11 is 0. The minimum Gasteiger partial charge on any atom is -0.345 e. The summed E-state index contributed by atoms with van der Waals surface area (Å²) in [5.74, 6) is -0.0561. The molecule has 0 saturated heterocycles. The minimum absolute atomic E-state index is 0.0540. The van der Waals surface area contributed by atoms with Gasteiger partial charge >= 0.3 is 0 Å². The molecule has 0 aliphatic rings.